The minimum Gasteiger partial charge on any atom is -0.398 e. The summed E-state index contributed by atoms with van der Waals surface area (Å²) in [4.78, 5) is 2.30. The monoisotopic (exact) mass is 238 g/mol. The fraction of sp³-hybridized carbons (Fsp3) is 0.571. The van der Waals surface area contributed by atoms with E-state index < -0.39 is 0 Å². The molecule has 0 aliphatic carbocycles. The van der Waals surface area contributed by atoms with Crippen LogP contribution in [0.4, 0.5) is 10.1 Å². The van der Waals surface area contributed by atoms with Gasteiger partial charge >= 0.3 is 0 Å². The molecule has 0 amide bonds. The Morgan fingerprint density at radius 3 is 2.65 bits per heavy atom. The van der Waals surface area contributed by atoms with Crippen LogP contribution < -0.4 is 5.73 Å². The van der Waals surface area contributed by atoms with Gasteiger partial charge in [0, 0.05) is 18.8 Å². The maximum atomic E-state index is 13.2. The fourth-order valence-corrected chi connectivity index (χ4v) is 1.83. The Hall–Kier alpha value is -1.09. The van der Waals surface area contributed by atoms with Crippen molar-refractivity contribution >= 4 is 5.69 Å². The second kappa shape index (κ2) is 6.60. The highest BCUT2D eigenvalue weighted by molar-refractivity contribution is 5.46. The van der Waals surface area contributed by atoms with Crippen molar-refractivity contribution in [2.45, 2.75) is 33.7 Å². The molecule has 1 aromatic rings. The van der Waals surface area contributed by atoms with Crippen LogP contribution in [0.15, 0.2) is 18.2 Å². The van der Waals surface area contributed by atoms with Crippen LogP contribution in [0.25, 0.3) is 0 Å². The first-order valence-corrected chi connectivity index (χ1v) is 6.33. The number of rotatable bonds is 6. The normalized spacial score (nSPS) is 13.0. The predicted octanol–water partition coefficient (Wildman–Crippen LogP) is 3.28. The van der Waals surface area contributed by atoms with Crippen LogP contribution in [0.2, 0.25) is 0 Å². The molecule has 96 valence electrons. The maximum Gasteiger partial charge on any atom is 0.123 e. The van der Waals surface area contributed by atoms with Crippen LogP contribution in [0.3, 0.4) is 0 Å². The highest BCUT2D eigenvalue weighted by Crippen LogP contribution is 2.16. The Kier molecular flexibility index (Phi) is 5.42. The zero-order valence-corrected chi connectivity index (χ0v) is 11.0. The Bertz CT molecular complexity index is 352. The Balaban J connectivity index is 2.69. The van der Waals surface area contributed by atoms with E-state index in [-0.39, 0.29) is 5.82 Å². The van der Waals surface area contributed by atoms with E-state index >= 15 is 0 Å². The van der Waals surface area contributed by atoms with E-state index in [2.05, 4.69) is 25.7 Å². The Labute approximate surface area is 104 Å². The molecule has 1 atom stereocenters. The van der Waals surface area contributed by atoms with Gasteiger partial charge in [0.15, 0.2) is 0 Å². The summed E-state index contributed by atoms with van der Waals surface area (Å²) >= 11 is 0. The lowest BCUT2D eigenvalue weighted by Crippen LogP contribution is -2.28. The van der Waals surface area contributed by atoms with Gasteiger partial charge in [0.2, 0.25) is 0 Å². The van der Waals surface area contributed by atoms with Gasteiger partial charge < -0.3 is 5.73 Å². The number of benzene rings is 1. The number of halogens is 1. The molecule has 0 aromatic heterocycles. The summed E-state index contributed by atoms with van der Waals surface area (Å²) in [6, 6.07) is 4.58. The summed E-state index contributed by atoms with van der Waals surface area (Å²) in [6.07, 6.45) is 1.16. The van der Waals surface area contributed by atoms with Crippen LogP contribution >= 0.6 is 0 Å². The molecule has 0 spiro atoms. The van der Waals surface area contributed by atoms with Gasteiger partial charge in [-0.25, -0.2) is 4.39 Å². The first kappa shape index (κ1) is 14.0. The smallest absolute Gasteiger partial charge is 0.123 e. The average molecular weight is 238 g/mol. The highest BCUT2D eigenvalue weighted by Gasteiger charge is 2.10. The molecule has 0 heterocycles. The third-order valence-corrected chi connectivity index (χ3v) is 3.21. The summed E-state index contributed by atoms with van der Waals surface area (Å²) in [6.45, 7) is 9.26. The van der Waals surface area contributed by atoms with E-state index in [0.29, 0.717) is 11.6 Å². The summed E-state index contributed by atoms with van der Waals surface area (Å²) in [5.41, 5.74) is 7.42. The topological polar surface area (TPSA) is 29.3 Å². The molecule has 0 radical (unpaired) electrons. The van der Waals surface area contributed by atoms with Crippen molar-refractivity contribution in [3.8, 4) is 0 Å². The van der Waals surface area contributed by atoms with Crippen LogP contribution in [-0.2, 0) is 6.54 Å². The lowest BCUT2D eigenvalue weighted by Gasteiger charge is -2.24. The number of nitrogens with two attached hydrogens (primary N) is 1. The number of hydrogen-bond donors (Lipinski definition) is 1. The maximum absolute atomic E-state index is 13.2. The van der Waals surface area contributed by atoms with E-state index in [1.165, 1.54) is 12.1 Å². The zero-order valence-electron chi connectivity index (χ0n) is 11.0. The van der Waals surface area contributed by atoms with E-state index in [1.807, 2.05) is 0 Å². The minimum absolute atomic E-state index is 0.214. The van der Waals surface area contributed by atoms with Crippen molar-refractivity contribution in [2.24, 2.45) is 5.92 Å². The SMILES string of the molecule is CCC(C)CN(CC)Cc1cc(F)ccc1N. The van der Waals surface area contributed by atoms with Gasteiger partial charge in [-0.05, 0) is 36.2 Å². The minimum atomic E-state index is -0.214. The van der Waals surface area contributed by atoms with Crippen molar-refractivity contribution in [1.82, 2.24) is 4.90 Å². The van der Waals surface area contributed by atoms with Crippen molar-refractivity contribution in [3.63, 3.8) is 0 Å². The molecular weight excluding hydrogens is 215 g/mol. The predicted molar refractivity (Wildman–Crippen MR) is 71.2 cm³/mol. The van der Waals surface area contributed by atoms with E-state index in [9.17, 15) is 4.39 Å². The van der Waals surface area contributed by atoms with Crippen molar-refractivity contribution < 1.29 is 4.39 Å². The quantitative estimate of drug-likeness (QED) is 0.771. The molecule has 0 aliphatic rings. The van der Waals surface area contributed by atoms with Gasteiger partial charge in [0.1, 0.15) is 5.82 Å². The molecule has 0 saturated carbocycles. The molecule has 0 aliphatic heterocycles. The van der Waals surface area contributed by atoms with Crippen LogP contribution in [0.5, 0.6) is 0 Å². The molecule has 1 aromatic carbocycles. The Morgan fingerprint density at radius 1 is 1.35 bits per heavy atom. The summed E-state index contributed by atoms with van der Waals surface area (Å²) in [5.74, 6) is 0.443. The molecule has 0 saturated heterocycles. The first-order chi connectivity index (χ1) is 8.06. The van der Waals surface area contributed by atoms with Crippen LogP contribution in [0, 0.1) is 11.7 Å². The molecule has 0 bridgehead atoms. The third-order valence-electron chi connectivity index (χ3n) is 3.21. The average Bonchev–Trinajstić information content (AvgIpc) is 2.32. The van der Waals surface area contributed by atoms with E-state index in [4.69, 9.17) is 5.73 Å². The van der Waals surface area contributed by atoms with Gasteiger partial charge in [-0.15, -0.1) is 0 Å². The van der Waals surface area contributed by atoms with E-state index in [0.717, 1.165) is 31.6 Å². The fourth-order valence-electron chi connectivity index (χ4n) is 1.83. The summed E-state index contributed by atoms with van der Waals surface area (Å²) < 4.78 is 13.2. The molecule has 2 nitrogen and oxygen atoms in total. The number of anilines is 1. The second-order valence-electron chi connectivity index (χ2n) is 4.68. The lowest BCUT2D eigenvalue weighted by molar-refractivity contribution is 0.238. The number of nitrogens with zero attached hydrogens (tertiary/aromatic N) is 1. The van der Waals surface area contributed by atoms with Crippen molar-refractivity contribution in [3.05, 3.63) is 29.6 Å². The van der Waals surface area contributed by atoms with Crippen LogP contribution in [0.1, 0.15) is 32.8 Å². The van der Waals surface area contributed by atoms with E-state index in [1.54, 1.807) is 6.07 Å². The van der Waals surface area contributed by atoms with Crippen LogP contribution in [-0.4, -0.2) is 18.0 Å². The number of hydrogen-bond acceptors (Lipinski definition) is 2. The van der Waals surface area contributed by atoms with Gasteiger partial charge in [-0.1, -0.05) is 27.2 Å². The molecule has 0 fully saturated rings. The van der Waals surface area contributed by atoms with Crippen molar-refractivity contribution in [1.29, 1.82) is 0 Å². The van der Waals surface area contributed by atoms with Gasteiger partial charge in [0.25, 0.3) is 0 Å². The molecule has 1 unspecified atom stereocenters. The number of nitrogen functional groups attached to an aromatic ring is 1. The molecule has 3 heteroatoms. The standard InChI is InChI=1S/C14H23FN2/c1-4-11(3)9-17(5-2)10-12-8-13(15)6-7-14(12)16/h6-8,11H,4-5,9-10,16H2,1-3H3. The highest BCUT2D eigenvalue weighted by atomic mass is 19.1. The molecule has 1 rings (SSSR count). The zero-order chi connectivity index (χ0) is 12.8. The van der Waals surface area contributed by atoms with Gasteiger partial charge in [-0.3, -0.25) is 4.90 Å². The van der Waals surface area contributed by atoms with Crippen molar-refractivity contribution in [2.75, 3.05) is 18.8 Å². The molecular formula is C14H23FN2. The van der Waals surface area contributed by atoms with Gasteiger partial charge in [0.05, 0.1) is 0 Å². The third kappa shape index (κ3) is 4.35. The summed E-state index contributed by atoms with van der Waals surface area (Å²) in [5, 5.41) is 0. The summed E-state index contributed by atoms with van der Waals surface area (Å²) in [7, 11) is 0. The molecule has 2 N–H and O–H groups in total. The molecule has 17 heavy (non-hydrogen) atoms. The van der Waals surface area contributed by atoms with Gasteiger partial charge in [-0.2, -0.15) is 0 Å². The Morgan fingerprint density at radius 2 is 2.06 bits per heavy atom. The largest absolute Gasteiger partial charge is 0.398 e. The first-order valence-electron chi connectivity index (χ1n) is 6.33. The lowest BCUT2D eigenvalue weighted by atomic mass is 10.1. The second-order valence-corrected chi connectivity index (χ2v) is 4.68.